The number of hydrogen-bond donors (Lipinski definition) is 3. The summed E-state index contributed by atoms with van der Waals surface area (Å²) in [4.78, 5) is 25.2. The third-order valence-electron chi connectivity index (χ3n) is 2.83. The van der Waals surface area contributed by atoms with E-state index in [9.17, 15) is 9.59 Å². The van der Waals surface area contributed by atoms with Crippen LogP contribution in [0.25, 0.3) is 10.9 Å². The highest BCUT2D eigenvalue weighted by molar-refractivity contribution is 6.31. The number of nitrogens with one attached hydrogen (secondary N) is 2. The largest absolute Gasteiger partial charge is 0.480 e. The van der Waals surface area contributed by atoms with Crippen LogP contribution in [0.15, 0.2) is 24.4 Å². The normalized spacial score (nSPS) is 12.3. The molecule has 0 aliphatic rings. The number of carboxylic acid groups (broad SMARTS) is 1. The second-order valence-electron chi connectivity index (χ2n) is 4.30. The van der Waals surface area contributed by atoms with Crippen LogP contribution in [0.2, 0.25) is 5.02 Å². The number of halogens is 1. The minimum absolute atomic E-state index is 0.204. The molecule has 100 valence electrons. The molecule has 6 heteroatoms. The van der Waals surface area contributed by atoms with E-state index in [1.807, 2.05) is 6.07 Å². The van der Waals surface area contributed by atoms with E-state index in [1.165, 1.54) is 6.92 Å². The van der Waals surface area contributed by atoms with Gasteiger partial charge in [0.25, 0.3) is 0 Å². The van der Waals surface area contributed by atoms with Crippen LogP contribution >= 0.6 is 11.6 Å². The molecular formula is C13H13ClN2O3. The van der Waals surface area contributed by atoms with E-state index in [2.05, 4.69) is 10.3 Å². The molecule has 0 saturated heterocycles. The van der Waals surface area contributed by atoms with Crippen molar-refractivity contribution in [3.8, 4) is 0 Å². The molecule has 1 aromatic heterocycles. The Morgan fingerprint density at radius 2 is 2.21 bits per heavy atom. The number of benzene rings is 1. The van der Waals surface area contributed by atoms with Crippen LogP contribution in [0.5, 0.6) is 0 Å². The molecule has 1 atom stereocenters. The number of aromatic amines is 1. The number of aromatic nitrogens is 1. The first-order valence-corrected chi connectivity index (χ1v) is 6.10. The zero-order valence-corrected chi connectivity index (χ0v) is 11.0. The Balaban J connectivity index is 2.31. The molecule has 0 aliphatic carbocycles. The van der Waals surface area contributed by atoms with Crippen molar-refractivity contribution in [1.29, 1.82) is 0 Å². The monoisotopic (exact) mass is 280 g/mol. The average molecular weight is 281 g/mol. The van der Waals surface area contributed by atoms with E-state index in [0.717, 1.165) is 16.5 Å². The first-order chi connectivity index (χ1) is 8.97. The SMILES string of the molecule is CC(=O)N[C@@H](Cc1c[nH]c2ccc(Cl)cc12)C(=O)O. The van der Waals surface area contributed by atoms with Gasteiger partial charge in [-0.15, -0.1) is 0 Å². The van der Waals surface area contributed by atoms with Crippen molar-refractivity contribution < 1.29 is 14.7 Å². The van der Waals surface area contributed by atoms with Crippen molar-refractivity contribution >= 4 is 34.4 Å². The Morgan fingerprint density at radius 3 is 2.84 bits per heavy atom. The summed E-state index contributed by atoms with van der Waals surface area (Å²) in [5.74, 6) is -1.43. The van der Waals surface area contributed by atoms with Gasteiger partial charge in [-0.3, -0.25) is 4.79 Å². The van der Waals surface area contributed by atoms with Gasteiger partial charge < -0.3 is 15.4 Å². The summed E-state index contributed by atoms with van der Waals surface area (Å²) in [6.07, 6.45) is 1.94. The number of rotatable bonds is 4. The lowest BCUT2D eigenvalue weighted by Crippen LogP contribution is -2.41. The predicted octanol–water partition coefficient (Wildman–Crippen LogP) is 1.95. The lowest BCUT2D eigenvalue weighted by Gasteiger charge is -2.12. The number of amides is 1. The molecule has 0 bridgehead atoms. The minimum Gasteiger partial charge on any atom is -0.480 e. The molecule has 0 unspecified atom stereocenters. The van der Waals surface area contributed by atoms with Crippen molar-refractivity contribution in [2.75, 3.05) is 0 Å². The summed E-state index contributed by atoms with van der Waals surface area (Å²) in [7, 11) is 0. The van der Waals surface area contributed by atoms with Crippen LogP contribution in [0, 0.1) is 0 Å². The van der Waals surface area contributed by atoms with Gasteiger partial charge >= 0.3 is 5.97 Å². The van der Waals surface area contributed by atoms with Crippen molar-refractivity contribution in [1.82, 2.24) is 10.3 Å². The molecule has 5 nitrogen and oxygen atoms in total. The maximum Gasteiger partial charge on any atom is 0.326 e. The van der Waals surface area contributed by atoms with Gasteiger partial charge in [-0.25, -0.2) is 4.79 Å². The van der Waals surface area contributed by atoms with Crippen molar-refractivity contribution in [3.63, 3.8) is 0 Å². The molecule has 2 rings (SSSR count). The second kappa shape index (κ2) is 5.32. The molecular weight excluding hydrogens is 268 g/mol. The van der Waals surface area contributed by atoms with E-state index in [4.69, 9.17) is 16.7 Å². The van der Waals surface area contributed by atoms with Crippen LogP contribution in [-0.4, -0.2) is 28.0 Å². The minimum atomic E-state index is -1.06. The van der Waals surface area contributed by atoms with Crippen molar-refractivity contribution in [3.05, 3.63) is 35.0 Å². The molecule has 19 heavy (non-hydrogen) atoms. The van der Waals surface area contributed by atoms with Gasteiger partial charge in [0.15, 0.2) is 0 Å². The number of carbonyl (C=O) groups excluding carboxylic acids is 1. The average Bonchev–Trinajstić information content (AvgIpc) is 2.70. The third-order valence-corrected chi connectivity index (χ3v) is 3.06. The van der Waals surface area contributed by atoms with Crippen LogP contribution in [0.4, 0.5) is 0 Å². The number of aliphatic carboxylic acids is 1. The van der Waals surface area contributed by atoms with Gasteiger partial charge in [0.05, 0.1) is 0 Å². The van der Waals surface area contributed by atoms with Crippen LogP contribution in [-0.2, 0) is 16.0 Å². The third kappa shape index (κ3) is 3.06. The molecule has 1 heterocycles. The van der Waals surface area contributed by atoms with Gasteiger partial charge in [0.2, 0.25) is 5.91 Å². The fourth-order valence-electron chi connectivity index (χ4n) is 1.98. The molecule has 2 aromatic rings. The fraction of sp³-hybridized carbons (Fsp3) is 0.231. The van der Waals surface area contributed by atoms with Crippen LogP contribution in [0.1, 0.15) is 12.5 Å². The topological polar surface area (TPSA) is 82.2 Å². The summed E-state index contributed by atoms with van der Waals surface area (Å²) in [6.45, 7) is 1.29. The van der Waals surface area contributed by atoms with E-state index in [-0.39, 0.29) is 12.3 Å². The van der Waals surface area contributed by atoms with E-state index >= 15 is 0 Å². The summed E-state index contributed by atoms with van der Waals surface area (Å²) in [6, 6.07) is 4.41. The second-order valence-corrected chi connectivity index (χ2v) is 4.74. The van der Waals surface area contributed by atoms with Crippen LogP contribution in [0.3, 0.4) is 0 Å². The quantitative estimate of drug-likeness (QED) is 0.800. The first kappa shape index (κ1) is 13.4. The van der Waals surface area contributed by atoms with Gasteiger partial charge in [0.1, 0.15) is 6.04 Å². The summed E-state index contributed by atoms with van der Waals surface area (Å²) < 4.78 is 0. The zero-order chi connectivity index (χ0) is 14.0. The van der Waals surface area contributed by atoms with Gasteiger partial charge in [-0.1, -0.05) is 11.6 Å². The Labute approximate surface area is 114 Å². The highest BCUT2D eigenvalue weighted by atomic mass is 35.5. The summed E-state index contributed by atoms with van der Waals surface area (Å²) in [5.41, 5.74) is 1.69. The number of carbonyl (C=O) groups is 2. The Bertz CT molecular complexity index is 636. The standard InChI is InChI=1S/C13H13ClN2O3/c1-7(17)16-12(13(18)19)4-8-6-15-11-3-2-9(14)5-10(8)11/h2-3,5-6,12,15H,4H2,1H3,(H,16,17)(H,18,19)/t12-/m0/s1. The predicted molar refractivity (Wildman–Crippen MR) is 72.3 cm³/mol. The highest BCUT2D eigenvalue weighted by Crippen LogP contribution is 2.23. The number of H-pyrrole nitrogens is 1. The van der Waals surface area contributed by atoms with E-state index in [1.54, 1.807) is 18.3 Å². The molecule has 1 amide bonds. The molecule has 1 aromatic carbocycles. The lowest BCUT2D eigenvalue weighted by molar-refractivity contribution is -0.141. The van der Waals surface area contributed by atoms with E-state index < -0.39 is 12.0 Å². The van der Waals surface area contributed by atoms with Gasteiger partial charge in [-0.05, 0) is 23.8 Å². The molecule has 0 aliphatic heterocycles. The van der Waals surface area contributed by atoms with Crippen molar-refractivity contribution in [2.45, 2.75) is 19.4 Å². The number of fused-ring (bicyclic) bond motifs is 1. The maximum absolute atomic E-state index is 11.1. The zero-order valence-electron chi connectivity index (χ0n) is 10.2. The van der Waals surface area contributed by atoms with Gasteiger partial charge in [-0.2, -0.15) is 0 Å². The molecule has 3 N–H and O–H groups in total. The lowest BCUT2D eigenvalue weighted by atomic mass is 10.1. The van der Waals surface area contributed by atoms with E-state index in [0.29, 0.717) is 5.02 Å². The first-order valence-electron chi connectivity index (χ1n) is 5.73. The Kier molecular flexibility index (Phi) is 3.76. The molecule has 0 saturated carbocycles. The van der Waals surface area contributed by atoms with Gasteiger partial charge in [0, 0.05) is 35.5 Å². The Hall–Kier alpha value is -2.01. The molecule has 0 spiro atoms. The summed E-state index contributed by atoms with van der Waals surface area (Å²) >= 11 is 5.93. The Morgan fingerprint density at radius 1 is 1.47 bits per heavy atom. The van der Waals surface area contributed by atoms with Crippen molar-refractivity contribution in [2.24, 2.45) is 0 Å². The highest BCUT2D eigenvalue weighted by Gasteiger charge is 2.20. The fourth-order valence-corrected chi connectivity index (χ4v) is 2.16. The summed E-state index contributed by atoms with van der Waals surface area (Å²) in [5, 5.41) is 13.0. The smallest absolute Gasteiger partial charge is 0.326 e. The molecule has 0 radical (unpaired) electrons. The number of hydrogen-bond acceptors (Lipinski definition) is 2. The maximum atomic E-state index is 11.1. The molecule has 0 fully saturated rings. The number of carboxylic acids is 1. The van der Waals surface area contributed by atoms with Crippen LogP contribution < -0.4 is 5.32 Å².